The summed E-state index contributed by atoms with van der Waals surface area (Å²) in [7, 11) is 3.30. The van der Waals surface area contributed by atoms with Gasteiger partial charge in [-0.05, 0) is 19.1 Å². The van der Waals surface area contributed by atoms with E-state index in [9.17, 15) is 4.79 Å². The Morgan fingerprint density at radius 3 is 2.67 bits per heavy atom. The molecular weight excluding hydrogens is 268 g/mol. The Bertz CT molecular complexity index is 658. The number of hydrogen-bond donors (Lipinski definition) is 1. The quantitative estimate of drug-likeness (QED) is 0.935. The molecule has 1 aromatic carbocycles. The van der Waals surface area contributed by atoms with Crippen LogP contribution in [0.25, 0.3) is 0 Å². The number of anilines is 3. The fourth-order valence-corrected chi connectivity index (χ4v) is 1.89. The van der Waals surface area contributed by atoms with Crippen molar-refractivity contribution in [1.29, 1.82) is 0 Å². The molecule has 6 nitrogen and oxygen atoms in total. The van der Waals surface area contributed by atoms with Gasteiger partial charge in [0.05, 0.1) is 30.4 Å². The van der Waals surface area contributed by atoms with Crippen LogP contribution in [0.15, 0.2) is 30.5 Å². The molecule has 0 saturated carbocycles. The summed E-state index contributed by atoms with van der Waals surface area (Å²) in [6.07, 6.45) is 1.63. The molecule has 0 aliphatic rings. The van der Waals surface area contributed by atoms with Crippen molar-refractivity contribution in [3.05, 3.63) is 36.2 Å². The van der Waals surface area contributed by atoms with Gasteiger partial charge < -0.3 is 15.0 Å². The van der Waals surface area contributed by atoms with Gasteiger partial charge in [-0.1, -0.05) is 12.1 Å². The van der Waals surface area contributed by atoms with Gasteiger partial charge in [0.1, 0.15) is 5.75 Å². The van der Waals surface area contributed by atoms with Crippen molar-refractivity contribution in [3.63, 3.8) is 0 Å². The van der Waals surface area contributed by atoms with E-state index in [1.165, 1.54) is 11.8 Å². The minimum absolute atomic E-state index is 0.0628. The lowest BCUT2D eigenvalue weighted by atomic mass is 10.3. The highest BCUT2D eigenvalue weighted by molar-refractivity contribution is 5.91. The number of methoxy groups -OCH3 is 1. The SMILES string of the molecule is COc1ccccc1Nc1ncc(N(C)C(C)=O)c(C)n1. The summed E-state index contributed by atoms with van der Waals surface area (Å²) in [4.78, 5) is 21.5. The Morgan fingerprint density at radius 2 is 2.05 bits per heavy atom. The van der Waals surface area contributed by atoms with Crippen molar-refractivity contribution in [1.82, 2.24) is 9.97 Å². The summed E-state index contributed by atoms with van der Waals surface area (Å²) in [6, 6.07) is 7.52. The zero-order valence-electron chi connectivity index (χ0n) is 12.5. The summed E-state index contributed by atoms with van der Waals surface area (Å²) in [5.41, 5.74) is 2.19. The normalized spacial score (nSPS) is 10.1. The molecule has 1 amide bonds. The van der Waals surface area contributed by atoms with E-state index < -0.39 is 0 Å². The average molecular weight is 286 g/mol. The van der Waals surface area contributed by atoms with Gasteiger partial charge in [-0.15, -0.1) is 0 Å². The maximum absolute atomic E-state index is 11.4. The van der Waals surface area contributed by atoms with E-state index in [0.717, 1.165) is 11.4 Å². The van der Waals surface area contributed by atoms with Crippen molar-refractivity contribution in [3.8, 4) is 5.75 Å². The van der Waals surface area contributed by atoms with Crippen LogP contribution in [-0.2, 0) is 4.79 Å². The van der Waals surface area contributed by atoms with Gasteiger partial charge in [-0.25, -0.2) is 9.97 Å². The number of carbonyl (C=O) groups is 1. The van der Waals surface area contributed by atoms with Gasteiger partial charge in [0.2, 0.25) is 11.9 Å². The Labute approximate surface area is 123 Å². The molecule has 0 aliphatic heterocycles. The Morgan fingerprint density at radius 1 is 1.33 bits per heavy atom. The number of benzene rings is 1. The number of nitrogens with zero attached hydrogens (tertiary/aromatic N) is 3. The van der Waals surface area contributed by atoms with Crippen LogP contribution in [0.5, 0.6) is 5.75 Å². The molecule has 0 atom stereocenters. The van der Waals surface area contributed by atoms with E-state index in [1.807, 2.05) is 31.2 Å². The number of hydrogen-bond acceptors (Lipinski definition) is 5. The molecule has 0 fully saturated rings. The van der Waals surface area contributed by atoms with Gasteiger partial charge in [0.25, 0.3) is 0 Å². The van der Waals surface area contributed by atoms with Crippen LogP contribution in [0.1, 0.15) is 12.6 Å². The molecule has 2 rings (SSSR count). The number of amides is 1. The smallest absolute Gasteiger partial charge is 0.227 e. The van der Waals surface area contributed by atoms with Crippen molar-refractivity contribution in [2.75, 3.05) is 24.4 Å². The lowest BCUT2D eigenvalue weighted by Crippen LogP contribution is -2.24. The minimum atomic E-state index is -0.0628. The van der Waals surface area contributed by atoms with Crippen LogP contribution >= 0.6 is 0 Å². The average Bonchev–Trinajstić information content (AvgIpc) is 2.47. The van der Waals surface area contributed by atoms with Crippen LogP contribution < -0.4 is 15.0 Å². The Hall–Kier alpha value is -2.63. The molecule has 110 valence electrons. The first kappa shape index (κ1) is 14.8. The maximum atomic E-state index is 11.4. The predicted molar refractivity (Wildman–Crippen MR) is 82.1 cm³/mol. The molecule has 0 spiro atoms. The standard InChI is InChI=1S/C15H18N4O2/c1-10-13(19(3)11(2)20)9-16-15(17-10)18-12-7-5-6-8-14(12)21-4/h5-9H,1-4H3,(H,16,17,18). The molecule has 0 bridgehead atoms. The number of aromatic nitrogens is 2. The van der Waals surface area contributed by atoms with Crippen LogP contribution in [0.4, 0.5) is 17.3 Å². The van der Waals surface area contributed by atoms with Crippen molar-refractivity contribution < 1.29 is 9.53 Å². The van der Waals surface area contributed by atoms with E-state index >= 15 is 0 Å². The van der Waals surface area contributed by atoms with E-state index in [0.29, 0.717) is 17.4 Å². The first-order valence-electron chi connectivity index (χ1n) is 6.51. The lowest BCUT2D eigenvalue weighted by molar-refractivity contribution is -0.116. The predicted octanol–water partition coefficient (Wildman–Crippen LogP) is 2.52. The Kier molecular flexibility index (Phi) is 4.37. The summed E-state index contributed by atoms with van der Waals surface area (Å²) in [5.74, 6) is 1.11. The van der Waals surface area contributed by atoms with Crippen molar-refractivity contribution >= 4 is 23.2 Å². The largest absolute Gasteiger partial charge is 0.495 e. The molecule has 0 radical (unpaired) electrons. The van der Waals surface area contributed by atoms with Gasteiger partial charge in [0.15, 0.2) is 0 Å². The molecule has 0 aliphatic carbocycles. The number of rotatable bonds is 4. The van der Waals surface area contributed by atoms with Gasteiger partial charge >= 0.3 is 0 Å². The fourth-order valence-electron chi connectivity index (χ4n) is 1.89. The minimum Gasteiger partial charge on any atom is -0.495 e. The zero-order valence-corrected chi connectivity index (χ0v) is 12.5. The van der Waals surface area contributed by atoms with E-state index in [4.69, 9.17) is 4.74 Å². The lowest BCUT2D eigenvalue weighted by Gasteiger charge is -2.17. The highest BCUT2D eigenvalue weighted by atomic mass is 16.5. The van der Waals surface area contributed by atoms with E-state index in [1.54, 1.807) is 20.4 Å². The number of nitrogens with one attached hydrogen (secondary N) is 1. The first-order valence-corrected chi connectivity index (χ1v) is 6.51. The molecule has 1 heterocycles. The zero-order chi connectivity index (χ0) is 15.4. The Balaban J connectivity index is 2.26. The summed E-state index contributed by atoms with van der Waals surface area (Å²) in [5, 5.41) is 3.11. The topological polar surface area (TPSA) is 67.3 Å². The first-order chi connectivity index (χ1) is 10.0. The molecule has 1 aromatic heterocycles. The number of ether oxygens (including phenoxy) is 1. The van der Waals surface area contributed by atoms with Crippen molar-refractivity contribution in [2.45, 2.75) is 13.8 Å². The third-order valence-electron chi connectivity index (χ3n) is 3.14. The number of para-hydroxylation sites is 2. The molecular formula is C15H18N4O2. The van der Waals surface area contributed by atoms with E-state index in [2.05, 4.69) is 15.3 Å². The molecule has 0 unspecified atom stereocenters. The molecule has 2 aromatic rings. The van der Waals surface area contributed by atoms with E-state index in [-0.39, 0.29) is 5.91 Å². The van der Waals surface area contributed by atoms with Crippen LogP contribution in [-0.4, -0.2) is 30.0 Å². The molecule has 6 heteroatoms. The van der Waals surface area contributed by atoms with Crippen molar-refractivity contribution in [2.24, 2.45) is 0 Å². The molecule has 0 saturated heterocycles. The van der Waals surface area contributed by atoms with Gasteiger partial charge in [-0.2, -0.15) is 0 Å². The van der Waals surface area contributed by atoms with Crippen LogP contribution in [0, 0.1) is 6.92 Å². The second-order valence-electron chi connectivity index (χ2n) is 4.57. The summed E-state index contributed by atoms with van der Waals surface area (Å²) >= 11 is 0. The molecule has 1 N–H and O–H groups in total. The van der Waals surface area contributed by atoms with Gasteiger partial charge in [0, 0.05) is 14.0 Å². The molecule has 21 heavy (non-hydrogen) atoms. The third kappa shape index (κ3) is 3.28. The number of aryl methyl sites for hydroxylation is 1. The summed E-state index contributed by atoms with van der Waals surface area (Å²) in [6.45, 7) is 3.34. The van der Waals surface area contributed by atoms with Crippen LogP contribution in [0.2, 0.25) is 0 Å². The highest BCUT2D eigenvalue weighted by Crippen LogP contribution is 2.26. The maximum Gasteiger partial charge on any atom is 0.227 e. The second-order valence-corrected chi connectivity index (χ2v) is 4.57. The third-order valence-corrected chi connectivity index (χ3v) is 3.14. The van der Waals surface area contributed by atoms with Crippen LogP contribution in [0.3, 0.4) is 0 Å². The number of carbonyl (C=O) groups excluding carboxylic acids is 1. The monoisotopic (exact) mass is 286 g/mol. The highest BCUT2D eigenvalue weighted by Gasteiger charge is 2.12. The van der Waals surface area contributed by atoms with Gasteiger partial charge in [-0.3, -0.25) is 4.79 Å². The fraction of sp³-hybridized carbons (Fsp3) is 0.267. The second kappa shape index (κ2) is 6.21. The summed E-state index contributed by atoms with van der Waals surface area (Å²) < 4.78 is 5.27.